The van der Waals surface area contributed by atoms with E-state index < -0.39 is 0 Å². The Bertz CT molecular complexity index is 554. The smallest absolute Gasteiger partial charge is 0.213 e. The second kappa shape index (κ2) is 5.18. The SMILES string of the molecule is COc1ccc(NCC2COc3ccccc32)cn1. The van der Waals surface area contributed by atoms with Crippen molar-refractivity contribution in [3.05, 3.63) is 48.2 Å². The minimum atomic E-state index is 0.387. The topological polar surface area (TPSA) is 43.4 Å². The number of fused-ring (bicyclic) bond motifs is 1. The summed E-state index contributed by atoms with van der Waals surface area (Å²) < 4.78 is 10.7. The lowest BCUT2D eigenvalue weighted by Gasteiger charge is -2.11. The van der Waals surface area contributed by atoms with Crippen LogP contribution in [0.25, 0.3) is 0 Å². The van der Waals surface area contributed by atoms with Crippen LogP contribution in [0.5, 0.6) is 11.6 Å². The Labute approximate surface area is 112 Å². The summed E-state index contributed by atoms with van der Waals surface area (Å²) in [5, 5.41) is 3.38. The van der Waals surface area contributed by atoms with Gasteiger partial charge in [0.2, 0.25) is 5.88 Å². The first-order chi connectivity index (χ1) is 9.36. The molecule has 1 aliphatic rings. The molecule has 2 heterocycles. The van der Waals surface area contributed by atoms with Gasteiger partial charge in [0.15, 0.2) is 0 Å². The van der Waals surface area contributed by atoms with Crippen LogP contribution in [0.4, 0.5) is 5.69 Å². The van der Waals surface area contributed by atoms with E-state index >= 15 is 0 Å². The quantitative estimate of drug-likeness (QED) is 0.913. The molecule has 1 aliphatic heterocycles. The molecule has 0 radical (unpaired) electrons. The first-order valence-electron chi connectivity index (χ1n) is 6.32. The van der Waals surface area contributed by atoms with Crippen molar-refractivity contribution in [3.8, 4) is 11.6 Å². The summed E-state index contributed by atoms with van der Waals surface area (Å²) in [6.45, 7) is 1.57. The molecule has 0 saturated carbocycles. The van der Waals surface area contributed by atoms with Gasteiger partial charge in [0.05, 0.1) is 25.6 Å². The van der Waals surface area contributed by atoms with Gasteiger partial charge in [0.1, 0.15) is 5.75 Å². The third-order valence-electron chi connectivity index (χ3n) is 3.30. The van der Waals surface area contributed by atoms with Crippen molar-refractivity contribution < 1.29 is 9.47 Å². The van der Waals surface area contributed by atoms with E-state index in [2.05, 4.69) is 22.4 Å². The van der Waals surface area contributed by atoms with E-state index in [-0.39, 0.29) is 0 Å². The second-order valence-electron chi connectivity index (χ2n) is 4.52. The largest absolute Gasteiger partial charge is 0.493 e. The predicted molar refractivity (Wildman–Crippen MR) is 74.0 cm³/mol. The third kappa shape index (κ3) is 2.47. The van der Waals surface area contributed by atoms with Crippen LogP contribution < -0.4 is 14.8 Å². The van der Waals surface area contributed by atoms with Crippen LogP contribution in [0.1, 0.15) is 11.5 Å². The van der Waals surface area contributed by atoms with Gasteiger partial charge in [-0.1, -0.05) is 18.2 Å². The highest BCUT2D eigenvalue weighted by molar-refractivity contribution is 5.45. The Morgan fingerprint density at radius 2 is 2.21 bits per heavy atom. The van der Waals surface area contributed by atoms with E-state index in [9.17, 15) is 0 Å². The van der Waals surface area contributed by atoms with Crippen LogP contribution in [0.15, 0.2) is 42.6 Å². The van der Waals surface area contributed by atoms with Gasteiger partial charge in [-0.25, -0.2) is 4.98 Å². The molecule has 0 spiro atoms. The summed E-state index contributed by atoms with van der Waals surface area (Å²) >= 11 is 0. The number of nitrogens with one attached hydrogen (secondary N) is 1. The third-order valence-corrected chi connectivity index (χ3v) is 3.30. The highest BCUT2D eigenvalue weighted by atomic mass is 16.5. The summed E-state index contributed by atoms with van der Waals surface area (Å²) in [7, 11) is 1.61. The molecule has 98 valence electrons. The van der Waals surface area contributed by atoms with E-state index in [1.165, 1.54) is 5.56 Å². The number of nitrogens with zero attached hydrogens (tertiary/aromatic N) is 1. The minimum absolute atomic E-state index is 0.387. The van der Waals surface area contributed by atoms with Crippen LogP contribution >= 0.6 is 0 Å². The van der Waals surface area contributed by atoms with E-state index in [1.807, 2.05) is 24.3 Å². The monoisotopic (exact) mass is 256 g/mol. The number of rotatable bonds is 4. The molecule has 1 aromatic heterocycles. The summed E-state index contributed by atoms with van der Waals surface area (Å²) in [6, 6.07) is 12.0. The van der Waals surface area contributed by atoms with Crippen molar-refractivity contribution in [2.75, 3.05) is 25.6 Å². The number of ether oxygens (including phenoxy) is 2. The molecule has 0 saturated heterocycles. The molecule has 1 N–H and O–H groups in total. The highest BCUT2D eigenvalue weighted by Crippen LogP contribution is 2.33. The lowest BCUT2D eigenvalue weighted by molar-refractivity contribution is 0.334. The summed E-state index contributed by atoms with van der Waals surface area (Å²) in [5.41, 5.74) is 2.27. The molecular formula is C15H16N2O2. The van der Waals surface area contributed by atoms with Crippen LogP contribution in [-0.2, 0) is 0 Å². The molecule has 1 unspecified atom stereocenters. The summed E-state index contributed by atoms with van der Waals surface area (Å²) in [5.74, 6) is 2.01. The van der Waals surface area contributed by atoms with Crippen LogP contribution in [0.2, 0.25) is 0 Å². The average Bonchev–Trinajstić information content (AvgIpc) is 2.89. The maximum absolute atomic E-state index is 5.66. The van der Waals surface area contributed by atoms with Gasteiger partial charge in [0.25, 0.3) is 0 Å². The van der Waals surface area contributed by atoms with Gasteiger partial charge >= 0.3 is 0 Å². The molecule has 4 heteroatoms. The number of benzene rings is 1. The van der Waals surface area contributed by atoms with E-state index in [4.69, 9.17) is 9.47 Å². The minimum Gasteiger partial charge on any atom is -0.493 e. The molecule has 0 aliphatic carbocycles. The van der Waals surface area contributed by atoms with Crippen molar-refractivity contribution in [1.29, 1.82) is 0 Å². The number of methoxy groups -OCH3 is 1. The number of para-hydroxylation sites is 1. The van der Waals surface area contributed by atoms with Gasteiger partial charge in [-0.15, -0.1) is 0 Å². The Kier molecular flexibility index (Phi) is 3.23. The molecule has 4 nitrogen and oxygen atoms in total. The maximum Gasteiger partial charge on any atom is 0.213 e. The van der Waals surface area contributed by atoms with Crippen LogP contribution in [-0.4, -0.2) is 25.2 Å². The molecule has 0 amide bonds. The van der Waals surface area contributed by atoms with Crippen LogP contribution in [0.3, 0.4) is 0 Å². The van der Waals surface area contributed by atoms with E-state index in [1.54, 1.807) is 13.3 Å². The van der Waals surface area contributed by atoms with Gasteiger partial charge in [-0.3, -0.25) is 0 Å². The molecule has 1 aromatic carbocycles. The van der Waals surface area contributed by atoms with Crippen molar-refractivity contribution in [2.24, 2.45) is 0 Å². The molecular weight excluding hydrogens is 240 g/mol. The van der Waals surface area contributed by atoms with Gasteiger partial charge in [0, 0.05) is 24.1 Å². The predicted octanol–water partition coefficient (Wildman–Crippen LogP) is 2.68. The van der Waals surface area contributed by atoms with Crippen molar-refractivity contribution >= 4 is 5.69 Å². The van der Waals surface area contributed by atoms with Crippen LogP contribution in [0, 0.1) is 0 Å². The molecule has 19 heavy (non-hydrogen) atoms. The zero-order chi connectivity index (χ0) is 13.1. The fourth-order valence-corrected chi connectivity index (χ4v) is 2.24. The zero-order valence-electron chi connectivity index (χ0n) is 10.8. The molecule has 2 aromatic rings. The van der Waals surface area contributed by atoms with Crippen molar-refractivity contribution in [3.63, 3.8) is 0 Å². The van der Waals surface area contributed by atoms with Gasteiger partial charge in [-0.2, -0.15) is 0 Å². The number of hydrogen-bond donors (Lipinski definition) is 1. The number of hydrogen-bond acceptors (Lipinski definition) is 4. The number of anilines is 1. The fraction of sp³-hybridized carbons (Fsp3) is 0.267. The standard InChI is InChI=1S/C15H16N2O2/c1-18-15-7-6-12(9-17-15)16-8-11-10-19-14-5-3-2-4-13(11)14/h2-7,9,11,16H,8,10H2,1H3. The normalized spacial score (nSPS) is 16.6. The lowest BCUT2D eigenvalue weighted by atomic mass is 10.0. The molecule has 0 fully saturated rings. The molecule has 1 atom stereocenters. The van der Waals surface area contributed by atoms with Crippen molar-refractivity contribution in [1.82, 2.24) is 4.98 Å². The Morgan fingerprint density at radius 3 is 3.00 bits per heavy atom. The average molecular weight is 256 g/mol. The summed E-state index contributed by atoms with van der Waals surface area (Å²) in [4.78, 5) is 4.17. The number of pyridine rings is 1. The fourth-order valence-electron chi connectivity index (χ4n) is 2.24. The molecule has 0 bridgehead atoms. The van der Waals surface area contributed by atoms with E-state index in [0.29, 0.717) is 11.8 Å². The summed E-state index contributed by atoms with van der Waals surface area (Å²) in [6.07, 6.45) is 1.78. The maximum atomic E-state index is 5.66. The van der Waals surface area contributed by atoms with Crippen molar-refractivity contribution in [2.45, 2.75) is 5.92 Å². The highest BCUT2D eigenvalue weighted by Gasteiger charge is 2.23. The number of aromatic nitrogens is 1. The first-order valence-corrected chi connectivity index (χ1v) is 6.32. The van der Waals surface area contributed by atoms with E-state index in [0.717, 1.165) is 24.6 Å². The molecule has 3 rings (SSSR count). The Balaban J connectivity index is 1.64. The van der Waals surface area contributed by atoms with Gasteiger partial charge < -0.3 is 14.8 Å². The second-order valence-corrected chi connectivity index (χ2v) is 4.52. The van der Waals surface area contributed by atoms with Gasteiger partial charge in [-0.05, 0) is 12.1 Å². The zero-order valence-corrected chi connectivity index (χ0v) is 10.8. The first kappa shape index (κ1) is 11.8. The lowest BCUT2D eigenvalue weighted by Crippen LogP contribution is -2.13. The Hall–Kier alpha value is -2.23. The Morgan fingerprint density at radius 1 is 1.32 bits per heavy atom.